The van der Waals surface area contributed by atoms with E-state index in [1.165, 1.54) is 21.3 Å². The molecule has 0 spiro atoms. The van der Waals surface area contributed by atoms with Crippen LogP contribution in [0.1, 0.15) is 48.7 Å². The molecule has 0 saturated heterocycles. The van der Waals surface area contributed by atoms with Crippen LogP contribution in [0.15, 0.2) is 34.8 Å². The van der Waals surface area contributed by atoms with Crippen molar-refractivity contribution in [2.24, 2.45) is 0 Å². The molecule has 0 bridgehead atoms. The number of anilines is 1. The molecule has 6 nitrogen and oxygen atoms in total. The van der Waals surface area contributed by atoms with Crippen molar-refractivity contribution in [1.29, 1.82) is 5.26 Å². The van der Waals surface area contributed by atoms with Gasteiger partial charge in [-0.15, -0.1) is 32.9 Å². The van der Waals surface area contributed by atoms with Crippen molar-refractivity contribution >= 4 is 55.4 Å². The fourth-order valence-corrected chi connectivity index (χ4v) is 7.30. The zero-order valence-corrected chi connectivity index (χ0v) is 20.9. The van der Waals surface area contributed by atoms with Gasteiger partial charge in [-0.1, -0.05) is 30.0 Å². The molecule has 0 atom stereocenters. The highest BCUT2D eigenvalue weighted by molar-refractivity contribution is 7.99. The lowest BCUT2D eigenvalue weighted by molar-refractivity contribution is -0.113. The predicted octanol–water partition coefficient (Wildman–Crippen LogP) is 6.28. The lowest BCUT2D eigenvalue weighted by atomic mass is 9.96. The molecule has 0 saturated carbocycles. The Hall–Kier alpha value is -2.67. The Labute approximate surface area is 204 Å². The molecule has 0 radical (unpaired) electrons. The zero-order chi connectivity index (χ0) is 22.9. The summed E-state index contributed by atoms with van der Waals surface area (Å²) in [6, 6.07) is 10.7. The molecule has 5 rings (SSSR count). The van der Waals surface area contributed by atoms with Gasteiger partial charge in [0.2, 0.25) is 5.91 Å². The largest absolute Gasteiger partial charge is 0.316 e. The van der Waals surface area contributed by atoms with E-state index in [1.807, 2.05) is 12.1 Å². The topological polar surface area (TPSA) is 83.6 Å². The van der Waals surface area contributed by atoms with Crippen molar-refractivity contribution < 1.29 is 4.79 Å². The minimum atomic E-state index is -0.129. The van der Waals surface area contributed by atoms with E-state index < -0.39 is 0 Å². The first kappa shape index (κ1) is 22.1. The minimum absolute atomic E-state index is 0.129. The second-order valence-corrected chi connectivity index (χ2v) is 11.2. The van der Waals surface area contributed by atoms with Crippen LogP contribution < -0.4 is 5.32 Å². The van der Waals surface area contributed by atoms with Crippen LogP contribution in [0, 0.1) is 11.3 Å². The molecule has 4 aromatic rings. The quantitative estimate of drug-likeness (QED) is 0.319. The molecular weight excluding hydrogens is 470 g/mol. The molecule has 168 valence electrons. The van der Waals surface area contributed by atoms with Crippen molar-refractivity contribution in [3.63, 3.8) is 0 Å². The molecule has 1 aliphatic carbocycles. The van der Waals surface area contributed by atoms with Crippen LogP contribution in [0.2, 0.25) is 0 Å². The molecule has 1 aromatic carbocycles. The Bertz CT molecular complexity index is 1370. The zero-order valence-electron chi connectivity index (χ0n) is 18.4. The summed E-state index contributed by atoms with van der Waals surface area (Å²) < 4.78 is 3.31. The average molecular weight is 494 g/mol. The molecule has 3 aromatic heterocycles. The number of carbonyl (C=O) groups is 1. The van der Waals surface area contributed by atoms with Gasteiger partial charge in [0.1, 0.15) is 11.1 Å². The summed E-state index contributed by atoms with van der Waals surface area (Å²) in [6.07, 6.45) is 4.18. The van der Waals surface area contributed by atoms with Crippen LogP contribution in [-0.4, -0.2) is 26.4 Å². The van der Waals surface area contributed by atoms with Crippen LogP contribution in [0.25, 0.3) is 21.5 Å². The van der Waals surface area contributed by atoms with Gasteiger partial charge >= 0.3 is 0 Å². The van der Waals surface area contributed by atoms with Crippen LogP contribution >= 0.6 is 34.4 Å². The van der Waals surface area contributed by atoms with Crippen molar-refractivity contribution in [2.75, 3.05) is 11.1 Å². The number of aromatic nitrogens is 3. The van der Waals surface area contributed by atoms with Crippen LogP contribution in [-0.2, 0) is 17.6 Å². The number of rotatable bonds is 6. The number of nitrogens with one attached hydrogen (secondary N) is 1. The summed E-state index contributed by atoms with van der Waals surface area (Å²) in [4.78, 5) is 14.0. The van der Waals surface area contributed by atoms with Gasteiger partial charge in [-0.2, -0.15) is 5.26 Å². The van der Waals surface area contributed by atoms with E-state index in [0.29, 0.717) is 10.6 Å². The molecule has 0 aliphatic heterocycles. The fraction of sp³-hybridized carbons (Fsp3) is 0.333. The lowest BCUT2D eigenvalue weighted by Gasteiger charge is -2.13. The number of hydrogen-bond donors (Lipinski definition) is 1. The molecule has 0 fully saturated rings. The maximum absolute atomic E-state index is 12.8. The van der Waals surface area contributed by atoms with Gasteiger partial charge < -0.3 is 5.32 Å². The first-order chi connectivity index (χ1) is 16.1. The summed E-state index contributed by atoms with van der Waals surface area (Å²) >= 11 is 4.62. The summed E-state index contributed by atoms with van der Waals surface area (Å²) in [5.74, 6) is 0.904. The van der Waals surface area contributed by atoms with Gasteiger partial charge in [-0.05, 0) is 51.2 Å². The molecule has 1 amide bonds. The molecule has 1 aliphatic rings. The Balaban J connectivity index is 1.35. The number of nitrogens with zero attached hydrogens (tertiary/aromatic N) is 4. The van der Waals surface area contributed by atoms with E-state index in [0.717, 1.165) is 53.2 Å². The van der Waals surface area contributed by atoms with E-state index in [2.05, 4.69) is 57.5 Å². The highest BCUT2D eigenvalue weighted by atomic mass is 32.2. The maximum Gasteiger partial charge on any atom is 0.235 e. The van der Waals surface area contributed by atoms with Gasteiger partial charge in [-0.3, -0.25) is 9.36 Å². The normalized spacial score (nSPS) is 13.3. The maximum atomic E-state index is 12.8. The van der Waals surface area contributed by atoms with Gasteiger partial charge in [0.15, 0.2) is 11.0 Å². The molecular formula is C24H23N5OS3. The summed E-state index contributed by atoms with van der Waals surface area (Å²) in [5, 5.41) is 26.2. The van der Waals surface area contributed by atoms with Gasteiger partial charge in [-0.25, -0.2) is 0 Å². The molecule has 33 heavy (non-hydrogen) atoms. The summed E-state index contributed by atoms with van der Waals surface area (Å²) in [6.45, 7) is 4.20. The van der Waals surface area contributed by atoms with E-state index in [9.17, 15) is 10.1 Å². The van der Waals surface area contributed by atoms with E-state index in [1.54, 1.807) is 22.7 Å². The Morgan fingerprint density at radius 2 is 2.09 bits per heavy atom. The Morgan fingerprint density at radius 3 is 2.91 bits per heavy atom. The van der Waals surface area contributed by atoms with E-state index in [4.69, 9.17) is 0 Å². The Morgan fingerprint density at radius 1 is 1.27 bits per heavy atom. The number of amides is 1. The van der Waals surface area contributed by atoms with E-state index in [-0.39, 0.29) is 17.7 Å². The number of thioether (sulfide) groups is 1. The van der Waals surface area contributed by atoms with Gasteiger partial charge in [0, 0.05) is 31.9 Å². The number of fused-ring (bicyclic) bond motifs is 2. The number of hydrogen-bond acceptors (Lipinski definition) is 7. The standard InChI is InChI=1S/C24H23N5OS3/c1-14(2)29-22(18-12-31-19-9-5-3-8-16(18)19)27-28-24(29)32-13-21(30)26-23-17(11-25)15-7-4-6-10-20(15)33-23/h3,5,8-9,12,14H,4,6-7,10,13H2,1-2H3,(H,26,30). The first-order valence-electron chi connectivity index (χ1n) is 11.0. The van der Waals surface area contributed by atoms with Crippen molar-refractivity contribution in [3.8, 4) is 17.5 Å². The number of carbonyl (C=O) groups excluding carboxylic acids is 1. The van der Waals surface area contributed by atoms with Crippen molar-refractivity contribution in [3.05, 3.63) is 45.6 Å². The highest BCUT2D eigenvalue weighted by Crippen LogP contribution is 2.38. The SMILES string of the molecule is CC(C)n1c(SCC(=O)Nc2sc3c(c2C#N)CCCC3)nnc1-c1csc2ccccc12. The first-order valence-corrected chi connectivity index (χ1v) is 13.6. The monoisotopic (exact) mass is 493 g/mol. The third-order valence-electron chi connectivity index (χ3n) is 5.77. The number of nitriles is 1. The van der Waals surface area contributed by atoms with Crippen molar-refractivity contribution in [2.45, 2.75) is 50.7 Å². The number of thiophene rings is 2. The smallest absolute Gasteiger partial charge is 0.235 e. The average Bonchev–Trinajstić information content (AvgIpc) is 3.51. The van der Waals surface area contributed by atoms with Crippen LogP contribution in [0.5, 0.6) is 0 Å². The van der Waals surface area contributed by atoms with Crippen LogP contribution in [0.4, 0.5) is 5.00 Å². The molecule has 0 unspecified atom stereocenters. The molecule has 9 heteroatoms. The molecule has 3 heterocycles. The minimum Gasteiger partial charge on any atom is -0.316 e. The Kier molecular flexibility index (Phi) is 6.23. The summed E-state index contributed by atoms with van der Waals surface area (Å²) in [5.41, 5.74) is 2.84. The summed E-state index contributed by atoms with van der Waals surface area (Å²) in [7, 11) is 0. The second-order valence-electron chi connectivity index (χ2n) is 8.28. The third kappa shape index (κ3) is 4.19. The van der Waals surface area contributed by atoms with Crippen molar-refractivity contribution in [1.82, 2.24) is 14.8 Å². The number of aryl methyl sites for hydroxylation is 1. The fourth-order valence-electron chi connectivity index (χ4n) is 4.24. The third-order valence-corrected chi connectivity index (χ3v) is 8.89. The lowest BCUT2D eigenvalue weighted by Crippen LogP contribution is -2.15. The van der Waals surface area contributed by atoms with Crippen LogP contribution in [0.3, 0.4) is 0 Å². The van der Waals surface area contributed by atoms with E-state index >= 15 is 0 Å². The number of benzene rings is 1. The van der Waals surface area contributed by atoms with Gasteiger partial charge in [0.05, 0.1) is 11.3 Å². The second kappa shape index (κ2) is 9.29. The highest BCUT2D eigenvalue weighted by Gasteiger charge is 2.23. The van der Waals surface area contributed by atoms with Gasteiger partial charge in [0.25, 0.3) is 0 Å². The predicted molar refractivity (Wildman–Crippen MR) is 136 cm³/mol. The molecule has 1 N–H and O–H groups in total.